The van der Waals surface area contributed by atoms with Gasteiger partial charge in [0.1, 0.15) is 0 Å². The van der Waals surface area contributed by atoms with Crippen molar-refractivity contribution in [2.24, 2.45) is 0 Å². The summed E-state index contributed by atoms with van der Waals surface area (Å²) in [6.07, 6.45) is 0. The molecule has 0 heterocycles. The third kappa shape index (κ3) is 3.80. The fourth-order valence-electron chi connectivity index (χ4n) is 2.29. The van der Waals surface area contributed by atoms with E-state index in [4.69, 9.17) is 10.2 Å². The second kappa shape index (κ2) is 6.56. The van der Waals surface area contributed by atoms with Crippen LogP contribution in [0.4, 0.5) is 5.69 Å². The van der Waals surface area contributed by atoms with Crippen LogP contribution in [0.1, 0.15) is 37.4 Å². The summed E-state index contributed by atoms with van der Waals surface area (Å²) in [5.41, 5.74) is 1.41. The number of nitrogens with one attached hydrogen (secondary N) is 1. The Morgan fingerprint density at radius 3 is 2.04 bits per heavy atom. The fourth-order valence-corrected chi connectivity index (χ4v) is 3.76. The van der Waals surface area contributed by atoms with Crippen molar-refractivity contribution in [1.29, 1.82) is 0 Å². The molecule has 0 spiro atoms. The molecule has 0 saturated heterocycles. The SMILES string of the molecule is Cc1ccc(C(=O)O)cc1NS(=O)(=O)c1cc(C(=O)O)cc(C)c1C. The van der Waals surface area contributed by atoms with Crippen molar-refractivity contribution in [3.05, 3.63) is 58.1 Å². The number of carbonyl (C=O) groups is 2. The maximum atomic E-state index is 12.7. The molecule has 132 valence electrons. The summed E-state index contributed by atoms with van der Waals surface area (Å²) < 4.78 is 27.8. The Morgan fingerprint density at radius 2 is 1.48 bits per heavy atom. The molecule has 25 heavy (non-hydrogen) atoms. The number of hydrogen-bond donors (Lipinski definition) is 3. The molecule has 0 aliphatic rings. The Hall–Kier alpha value is -2.87. The van der Waals surface area contributed by atoms with Gasteiger partial charge in [0.15, 0.2) is 0 Å². The molecule has 2 rings (SSSR count). The molecule has 3 N–H and O–H groups in total. The molecule has 0 atom stereocenters. The number of rotatable bonds is 5. The Balaban J connectivity index is 2.56. The van der Waals surface area contributed by atoms with Gasteiger partial charge in [-0.1, -0.05) is 6.07 Å². The molecule has 0 saturated carbocycles. The zero-order valence-corrected chi connectivity index (χ0v) is 14.6. The van der Waals surface area contributed by atoms with Crippen LogP contribution >= 0.6 is 0 Å². The predicted molar refractivity (Wildman–Crippen MR) is 91.8 cm³/mol. The summed E-state index contributed by atoms with van der Waals surface area (Å²) in [4.78, 5) is 22.1. The number of hydrogen-bond acceptors (Lipinski definition) is 4. The molecule has 0 amide bonds. The van der Waals surface area contributed by atoms with E-state index in [9.17, 15) is 18.0 Å². The monoisotopic (exact) mass is 363 g/mol. The van der Waals surface area contributed by atoms with E-state index in [0.717, 1.165) is 6.07 Å². The first kappa shape index (κ1) is 18.5. The third-order valence-corrected chi connectivity index (χ3v) is 5.38. The van der Waals surface area contributed by atoms with Crippen molar-refractivity contribution < 1.29 is 28.2 Å². The van der Waals surface area contributed by atoms with E-state index in [-0.39, 0.29) is 21.7 Å². The largest absolute Gasteiger partial charge is 0.478 e. The first-order chi connectivity index (χ1) is 11.5. The van der Waals surface area contributed by atoms with Crippen LogP contribution in [0.5, 0.6) is 0 Å². The van der Waals surface area contributed by atoms with Gasteiger partial charge in [-0.25, -0.2) is 18.0 Å². The molecule has 7 nitrogen and oxygen atoms in total. The molecule has 0 bridgehead atoms. The zero-order chi connectivity index (χ0) is 18.9. The topological polar surface area (TPSA) is 121 Å². The molecule has 2 aromatic carbocycles. The van der Waals surface area contributed by atoms with Crippen LogP contribution in [0.25, 0.3) is 0 Å². The van der Waals surface area contributed by atoms with E-state index in [0.29, 0.717) is 16.7 Å². The highest BCUT2D eigenvalue weighted by molar-refractivity contribution is 7.92. The molecule has 0 aromatic heterocycles. The number of benzene rings is 2. The summed E-state index contributed by atoms with van der Waals surface area (Å²) in [6, 6.07) is 6.57. The second-order valence-corrected chi connectivity index (χ2v) is 7.31. The van der Waals surface area contributed by atoms with Gasteiger partial charge < -0.3 is 10.2 Å². The molecule has 0 radical (unpaired) electrons. The van der Waals surface area contributed by atoms with Crippen LogP contribution in [-0.4, -0.2) is 30.6 Å². The van der Waals surface area contributed by atoms with Crippen molar-refractivity contribution in [2.75, 3.05) is 4.72 Å². The number of aromatic carboxylic acids is 2. The molecule has 8 heteroatoms. The van der Waals surface area contributed by atoms with E-state index in [1.165, 1.54) is 24.3 Å². The predicted octanol–water partition coefficient (Wildman–Crippen LogP) is 2.81. The number of aryl methyl sites for hydroxylation is 2. The van der Waals surface area contributed by atoms with Crippen LogP contribution < -0.4 is 4.72 Å². The van der Waals surface area contributed by atoms with Gasteiger partial charge in [-0.2, -0.15) is 0 Å². The van der Waals surface area contributed by atoms with Gasteiger partial charge in [0.2, 0.25) is 0 Å². The highest BCUT2D eigenvalue weighted by atomic mass is 32.2. The zero-order valence-electron chi connectivity index (χ0n) is 13.8. The number of carboxylic acid groups (broad SMARTS) is 2. The average molecular weight is 363 g/mol. The lowest BCUT2D eigenvalue weighted by molar-refractivity contribution is 0.0686. The van der Waals surface area contributed by atoms with E-state index in [2.05, 4.69) is 4.72 Å². The van der Waals surface area contributed by atoms with Crippen molar-refractivity contribution in [1.82, 2.24) is 0 Å². The Kier molecular flexibility index (Phi) is 4.85. The Labute approximate surface area is 145 Å². The van der Waals surface area contributed by atoms with Crippen LogP contribution in [0, 0.1) is 20.8 Å². The summed E-state index contributed by atoms with van der Waals surface area (Å²) >= 11 is 0. The summed E-state index contributed by atoms with van der Waals surface area (Å²) in [6.45, 7) is 4.84. The molecule has 0 fully saturated rings. The normalized spacial score (nSPS) is 11.2. The van der Waals surface area contributed by atoms with Crippen LogP contribution in [0.15, 0.2) is 35.2 Å². The smallest absolute Gasteiger partial charge is 0.335 e. The van der Waals surface area contributed by atoms with Crippen LogP contribution in [0.2, 0.25) is 0 Å². The van der Waals surface area contributed by atoms with Gasteiger partial charge in [-0.15, -0.1) is 0 Å². The molecule has 0 aliphatic carbocycles. The van der Waals surface area contributed by atoms with Crippen molar-refractivity contribution in [2.45, 2.75) is 25.7 Å². The fraction of sp³-hybridized carbons (Fsp3) is 0.176. The standard InChI is InChI=1S/C17H17NO6S/c1-9-4-5-12(16(19)20)7-14(9)18-25(23,24)15-8-13(17(21)22)6-10(2)11(15)3/h4-8,18H,1-3H3,(H,19,20)(H,21,22). The molecule has 2 aromatic rings. The van der Waals surface area contributed by atoms with Crippen molar-refractivity contribution in [3.8, 4) is 0 Å². The summed E-state index contributed by atoms with van der Waals surface area (Å²) in [5, 5.41) is 18.2. The van der Waals surface area contributed by atoms with Gasteiger partial charge >= 0.3 is 11.9 Å². The molecule has 0 aliphatic heterocycles. The van der Waals surface area contributed by atoms with E-state index < -0.39 is 22.0 Å². The lowest BCUT2D eigenvalue weighted by Gasteiger charge is -2.15. The average Bonchev–Trinajstić information content (AvgIpc) is 2.51. The first-order valence-electron chi connectivity index (χ1n) is 7.24. The molecule has 0 unspecified atom stereocenters. The van der Waals surface area contributed by atoms with Crippen LogP contribution in [-0.2, 0) is 10.0 Å². The summed E-state index contributed by atoms with van der Waals surface area (Å²) in [5.74, 6) is -2.41. The maximum absolute atomic E-state index is 12.7. The maximum Gasteiger partial charge on any atom is 0.335 e. The molecular formula is C17H17NO6S. The third-order valence-electron chi connectivity index (χ3n) is 3.89. The minimum atomic E-state index is -4.09. The number of carboxylic acids is 2. The van der Waals surface area contributed by atoms with Gasteiger partial charge in [0.05, 0.1) is 21.7 Å². The first-order valence-corrected chi connectivity index (χ1v) is 8.72. The van der Waals surface area contributed by atoms with E-state index >= 15 is 0 Å². The van der Waals surface area contributed by atoms with Crippen molar-refractivity contribution >= 4 is 27.6 Å². The summed E-state index contributed by atoms with van der Waals surface area (Å²) in [7, 11) is -4.09. The lowest BCUT2D eigenvalue weighted by Crippen LogP contribution is -2.17. The Bertz CT molecular complexity index is 979. The number of anilines is 1. The Morgan fingerprint density at radius 1 is 0.880 bits per heavy atom. The lowest BCUT2D eigenvalue weighted by atomic mass is 10.1. The van der Waals surface area contributed by atoms with Gasteiger partial charge in [0.25, 0.3) is 10.0 Å². The highest BCUT2D eigenvalue weighted by Gasteiger charge is 2.22. The van der Waals surface area contributed by atoms with Gasteiger partial charge in [-0.05, 0) is 61.7 Å². The second-order valence-electron chi connectivity index (χ2n) is 5.66. The van der Waals surface area contributed by atoms with Crippen molar-refractivity contribution in [3.63, 3.8) is 0 Å². The van der Waals surface area contributed by atoms with Gasteiger partial charge in [-0.3, -0.25) is 4.72 Å². The quantitative estimate of drug-likeness (QED) is 0.751. The minimum Gasteiger partial charge on any atom is -0.478 e. The van der Waals surface area contributed by atoms with Crippen LogP contribution in [0.3, 0.4) is 0 Å². The minimum absolute atomic E-state index is 0.0597. The van der Waals surface area contributed by atoms with Gasteiger partial charge in [0, 0.05) is 0 Å². The van der Waals surface area contributed by atoms with E-state index in [1.54, 1.807) is 20.8 Å². The van der Waals surface area contributed by atoms with E-state index in [1.807, 2.05) is 0 Å². The number of sulfonamides is 1. The highest BCUT2D eigenvalue weighted by Crippen LogP contribution is 2.26. The molecular weight excluding hydrogens is 346 g/mol.